The first-order chi connectivity index (χ1) is 15.8. The van der Waals surface area contributed by atoms with Crippen molar-refractivity contribution < 1.29 is 9.00 Å². The second-order valence-electron chi connectivity index (χ2n) is 9.10. The van der Waals surface area contributed by atoms with Gasteiger partial charge in [-0.1, -0.05) is 81.3 Å². The zero-order chi connectivity index (χ0) is 24.2. The molecule has 33 heavy (non-hydrogen) atoms. The molecule has 4 atom stereocenters. The second kappa shape index (κ2) is 14.0. The molecule has 2 aromatic rings. The van der Waals surface area contributed by atoms with Gasteiger partial charge in [-0.3, -0.25) is 9.00 Å². The van der Waals surface area contributed by atoms with Crippen LogP contribution in [0.1, 0.15) is 51.2 Å². The van der Waals surface area contributed by atoms with E-state index < -0.39 is 16.8 Å². The van der Waals surface area contributed by atoms with Crippen molar-refractivity contribution in [3.8, 4) is 0 Å². The van der Waals surface area contributed by atoms with Crippen molar-refractivity contribution in [1.82, 2.24) is 10.6 Å². The quantitative estimate of drug-likeness (QED) is 0.390. The smallest absolute Gasteiger partial charge is 0.242 e. The number of nitrogens with one attached hydrogen (secondary N) is 2. The average Bonchev–Trinajstić information content (AvgIpc) is 2.81. The van der Waals surface area contributed by atoms with E-state index in [0.717, 1.165) is 28.1 Å². The normalized spacial score (nSPS) is 14.7. The number of aryl methyl sites for hydroxylation is 1. The number of benzene rings is 2. The van der Waals surface area contributed by atoms with Gasteiger partial charge in [-0.05, 0) is 50.3 Å². The van der Waals surface area contributed by atoms with E-state index in [1.165, 1.54) is 12.8 Å². The number of carbonyl (C=O) groups is 1. The molecule has 5 heteroatoms. The first-order valence-electron chi connectivity index (χ1n) is 12.0. The summed E-state index contributed by atoms with van der Waals surface area (Å²) < 4.78 is 13.1. The van der Waals surface area contributed by atoms with Gasteiger partial charge < -0.3 is 10.6 Å². The number of carbonyl (C=O) groups excluding carboxylic acids is 1. The van der Waals surface area contributed by atoms with Gasteiger partial charge in [0.2, 0.25) is 5.91 Å². The highest BCUT2D eigenvalue weighted by molar-refractivity contribution is 7.85. The molecule has 2 rings (SSSR count). The Morgan fingerprint density at radius 1 is 1.06 bits per heavy atom. The maximum absolute atomic E-state index is 13.1. The molecule has 2 N–H and O–H groups in total. The molecule has 0 heterocycles. The lowest BCUT2D eigenvalue weighted by atomic mass is 9.98. The van der Waals surface area contributed by atoms with Crippen molar-refractivity contribution in [2.24, 2.45) is 11.8 Å². The van der Waals surface area contributed by atoms with Gasteiger partial charge >= 0.3 is 0 Å². The number of rotatable bonds is 14. The lowest BCUT2D eigenvalue weighted by Crippen LogP contribution is -2.44. The van der Waals surface area contributed by atoms with Crippen LogP contribution in [0.15, 0.2) is 71.8 Å². The van der Waals surface area contributed by atoms with Crippen LogP contribution in [0.3, 0.4) is 0 Å². The highest BCUT2D eigenvalue weighted by atomic mass is 32.2. The maximum Gasteiger partial charge on any atom is 0.242 e. The SMILES string of the molecule is C=C(NC(C)C(=O)NCC(C)CCCC)[C@H](Cc1ccccc1)CS(=O)c1ccc(C)cc1. The third-order valence-corrected chi connectivity index (χ3v) is 7.43. The number of unbranched alkanes of at least 4 members (excludes halogenated alkanes) is 1. The Morgan fingerprint density at radius 3 is 2.36 bits per heavy atom. The Kier molecular flexibility index (Phi) is 11.4. The Balaban J connectivity index is 2.02. The predicted molar refractivity (Wildman–Crippen MR) is 140 cm³/mol. The Labute approximate surface area is 202 Å². The molecule has 0 radical (unpaired) electrons. The van der Waals surface area contributed by atoms with Crippen molar-refractivity contribution in [2.75, 3.05) is 12.3 Å². The minimum absolute atomic E-state index is 0.0300. The standard InChI is InChI=1S/C28H40N2O2S/c1-6-7-11-22(3)19-29-28(31)24(5)30-23(4)26(18-25-12-9-8-10-13-25)20-33(32)27-16-14-21(2)15-17-27/h8-10,12-17,22,24,26,30H,4,6-7,11,18-20H2,1-3,5H3,(H,29,31)/t22?,24?,26-,33?/m1/s1. The highest BCUT2D eigenvalue weighted by Gasteiger charge is 2.22. The Bertz CT molecular complexity index is 896. The molecule has 4 nitrogen and oxygen atoms in total. The molecule has 0 bridgehead atoms. The number of hydrogen-bond acceptors (Lipinski definition) is 3. The van der Waals surface area contributed by atoms with E-state index >= 15 is 0 Å². The fourth-order valence-corrected chi connectivity index (χ4v) is 5.01. The molecular weight excluding hydrogens is 428 g/mol. The lowest BCUT2D eigenvalue weighted by molar-refractivity contribution is -0.122. The summed E-state index contributed by atoms with van der Waals surface area (Å²) in [6.07, 6.45) is 4.19. The van der Waals surface area contributed by atoms with Crippen molar-refractivity contribution in [2.45, 2.75) is 64.3 Å². The van der Waals surface area contributed by atoms with Crippen LogP contribution in [0.2, 0.25) is 0 Å². The minimum atomic E-state index is -1.16. The van der Waals surface area contributed by atoms with Gasteiger partial charge in [0.15, 0.2) is 0 Å². The summed E-state index contributed by atoms with van der Waals surface area (Å²) in [6, 6.07) is 17.6. The van der Waals surface area contributed by atoms with Crippen LogP contribution in [0.25, 0.3) is 0 Å². The zero-order valence-corrected chi connectivity index (χ0v) is 21.4. The van der Waals surface area contributed by atoms with Crippen molar-refractivity contribution in [3.05, 3.63) is 78.0 Å². The van der Waals surface area contributed by atoms with Crippen LogP contribution in [0.4, 0.5) is 0 Å². The lowest BCUT2D eigenvalue weighted by Gasteiger charge is -2.24. The summed E-state index contributed by atoms with van der Waals surface area (Å²) in [4.78, 5) is 13.5. The van der Waals surface area contributed by atoms with Gasteiger partial charge in [-0.15, -0.1) is 0 Å². The van der Waals surface area contributed by atoms with E-state index in [2.05, 4.69) is 43.2 Å². The van der Waals surface area contributed by atoms with Gasteiger partial charge in [0.05, 0.1) is 10.8 Å². The summed E-state index contributed by atoms with van der Waals surface area (Å²) in [6.45, 7) is 13.2. The number of allylic oxidation sites excluding steroid dienone is 1. The van der Waals surface area contributed by atoms with E-state index in [0.29, 0.717) is 24.6 Å². The molecule has 180 valence electrons. The molecule has 0 fully saturated rings. The second-order valence-corrected chi connectivity index (χ2v) is 10.6. The predicted octanol–water partition coefficient (Wildman–Crippen LogP) is 5.40. The van der Waals surface area contributed by atoms with E-state index in [4.69, 9.17) is 0 Å². The molecule has 0 saturated carbocycles. The number of amides is 1. The van der Waals surface area contributed by atoms with Gasteiger partial charge in [-0.25, -0.2) is 0 Å². The molecular formula is C28H40N2O2S. The summed E-state index contributed by atoms with van der Waals surface area (Å²) in [7, 11) is -1.16. The Morgan fingerprint density at radius 2 is 1.73 bits per heavy atom. The molecule has 0 aliphatic rings. The summed E-state index contributed by atoms with van der Waals surface area (Å²) in [5.74, 6) is 0.824. The van der Waals surface area contributed by atoms with Gasteiger partial charge in [-0.2, -0.15) is 0 Å². The van der Waals surface area contributed by atoms with Gasteiger partial charge in [0, 0.05) is 28.8 Å². The monoisotopic (exact) mass is 468 g/mol. The molecule has 0 aliphatic heterocycles. The van der Waals surface area contributed by atoms with Crippen molar-refractivity contribution in [1.29, 1.82) is 0 Å². The summed E-state index contributed by atoms with van der Waals surface area (Å²) >= 11 is 0. The first-order valence-corrected chi connectivity index (χ1v) is 13.3. The molecule has 0 aliphatic carbocycles. The summed E-state index contributed by atoms with van der Waals surface area (Å²) in [5.41, 5.74) is 3.06. The van der Waals surface area contributed by atoms with E-state index in [1.54, 1.807) is 0 Å². The molecule has 3 unspecified atom stereocenters. The molecule has 1 amide bonds. The van der Waals surface area contributed by atoms with Crippen LogP contribution >= 0.6 is 0 Å². The van der Waals surface area contributed by atoms with Gasteiger partial charge in [0.1, 0.15) is 6.04 Å². The number of hydrogen-bond donors (Lipinski definition) is 2. The van der Waals surface area contributed by atoms with E-state index in [9.17, 15) is 9.00 Å². The third kappa shape index (κ3) is 9.55. The van der Waals surface area contributed by atoms with Crippen molar-refractivity contribution >= 4 is 16.7 Å². The fourth-order valence-electron chi connectivity index (χ4n) is 3.69. The Hall–Kier alpha value is -2.40. The highest BCUT2D eigenvalue weighted by Crippen LogP contribution is 2.20. The topological polar surface area (TPSA) is 58.2 Å². The minimum Gasteiger partial charge on any atom is -0.377 e. The summed E-state index contributed by atoms with van der Waals surface area (Å²) in [5, 5.41) is 6.35. The van der Waals surface area contributed by atoms with Crippen LogP contribution < -0.4 is 10.6 Å². The van der Waals surface area contributed by atoms with Crippen LogP contribution in [0, 0.1) is 18.8 Å². The van der Waals surface area contributed by atoms with E-state index in [1.807, 2.05) is 56.3 Å². The maximum atomic E-state index is 13.1. The molecule has 0 spiro atoms. The molecule has 2 aromatic carbocycles. The van der Waals surface area contributed by atoms with Crippen LogP contribution in [-0.2, 0) is 22.0 Å². The van der Waals surface area contributed by atoms with Crippen molar-refractivity contribution in [3.63, 3.8) is 0 Å². The average molecular weight is 469 g/mol. The van der Waals surface area contributed by atoms with Gasteiger partial charge in [0.25, 0.3) is 0 Å². The van der Waals surface area contributed by atoms with Crippen LogP contribution in [-0.4, -0.2) is 28.5 Å². The molecule has 0 aromatic heterocycles. The zero-order valence-electron chi connectivity index (χ0n) is 20.6. The largest absolute Gasteiger partial charge is 0.377 e. The fraction of sp³-hybridized carbons (Fsp3) is 0.464. The molecule has 0 saturated heterocycles. The van der Waals surface area contributed by atoms with E-state index in [-0.39, 0.29) is 11.8 Å². The first kappa shape index (κ1) is 26.8. The van der Waals surface area contributed by atoms with Crippen LogP contribution in [0.5, 0.6) is 0 Å². The third-order valence-electron chi connectivity index (χ3n) is 5.92.